The van der Waals surface area contributed by atoms with E-state index in [0.29, 0.717) is 6.92 Å². The summed E-state index contributed by atoms with van der Waals surface area (Å²) in [7, 11) is 0. The summed E-state index contributed by atoms with van der Waals surface area (Å²) in [5.74, 6) is -5.01. The molecule has 0 unspecified atom stereocenters. The summed E-state index contributed by atoms with van der Waals surface area (Å²) < 4.78 is 51.8. The van der Waals surface area contributed by atoms with E-state index in [-0.39, 0.29) is 11.1 Å². The van der Waals surface area contributed by atoms with Crippen LogP contribution in [0.4, 0.5) is 17.6 Å². The molecular weight excluding hydrogens is 254 g/mol. The second kappa shape index (κ2) is 4.55. The van der Waals surface area contributed by atoms with Crippen molar-refractivity contribution in [2.24, 2.45) is 0 Å². The molecule has 7 heteroatoms. The van der Waals surface area contributed by atoms with E-state index in [0.717, 1.165) is 0 Å². The number of hydrogen-bond donors (Lipinski definition) is 1. The van der Waals surface area contributed by atoms with E-state index >= 15 is 0 Å². The summed E-state index contributed by atoms with van der Waals surface area (Å²) in [5.41, 5.74) is -2.87. The van der Waals surface area contributed by atoms with Gasteiger partial charge in [0.1, 0.15) is 11.4 Å². The molecule has 100 valence electrons. The van der Waals surface area contributed by atoms with Gasteiger partial charge in [-0.3, -0.25) is 0 Å². The highest BCUT2D eigenvalue weighted by Crippen LogP contribution is 2.34. The molecule has 0 radical (unpaired) electrons. The number of pyridine rings is 1. The van der Waals surface area contributed by atoms with Crippen LogP contribution in [-0.4, -0.2) is 16.1 Å². The third-order valence-corrected chi connectivity index (χ3v) is 2.62. The Morgan fingerprint density at radius 3 is 2.11 bits per heavy atom. The van der Waals surface area contributed by atoms with Crippen molar-refractivity contribution in [2.45, 2.75) is 33.1 Å². The standard InChI is InChI=1S/C11H11F4NO2/c1-4-5(2)8(11(3,14)15)16-7(9(12)13)6(4)10(17)18/h9H,1-3H3,(H,17,18). The minimum absolute atomic E-state index is 0.0932. The van der Waals surface area contributed by atoms with Crippen molar-refractivity contribution in [2.75, 3.05) is 0 Å². The summed E-state index contributed by atoms with van der Waals surface area (Å²) in [6.07, 6.45) is -3.23. The van der Waals surface area contributed by atoms with Gasteiger partial charge in [0.2, 0.25) is 0 Å². The molecule has 1 aromatic rings. The number of carboxylic acid groups (broad SMARTS) is 1. The van der Waals surface area contributed by atoms with Gasteiger partial charge in [0.25, 0.3) is 12.3 Å². The van der Waals surface area contributed by atoms with Gasteiger partial charge in [-0.05, 0) is 25.0 Å². The molecule has 0 saturated heterocycles. The smallest absolute Gasteiger partial charge is 0.338 e. The van der Waals surface area contributed by atoms with Crippen LogP contribution in [0.15, 0.2) is 0 Å². The lowest BCUT2D eigenvalue weighted by Crippen LogP contribution is -2.19. The first-order valence-corrected chi connectivity index (χ1v) is 4.98. The largest absolute Gasteiger partial charge is 0.478 e. The molecule has 0 aromatic carbocycles. The highest BCUT2D eigenvalue weighted by Gasteiger charge is 2.34. The number of alkyl halides is 4. The summed E-state index contributed by atoms with van der Waals surface area (Å²) in [6, 6.07) is 0. The molecule has 0 fully saturated rings. The normalized spacial score (nSPS) is 12.0. The third-order valence-electron chi connectivity index (χ3n) is 2.62. The lowest BCUT2D eigenvalue weighted by atomic mass is 9.98. The topological polar surface area (TPSA) is 50.2 Å². The predicted molar refractivity (Wildman–Crippen MR) is 55.2 cm³/mol. The van der Waals surface area contributed by atoms with Crippen LogP contribution in [0.3, 0.4) is 0 Å². The second-order valence-corrected chi connectivity index (χ2v) is 3.96. The first-order valence-electron chi connectivity index (χ1n) is 4.98. The number of carboxylic acids is 1. The average molecular weight is 265 g/mol. The van der Waals surface area contributed by atoms with Crippen molar-refractivity contribution in [1.29, 1.82) is 0 Å². The van der Waals surface area contributed by atoms with E-state index in [1.54, 1.807) is 0 Å². The van der Waals surface area contributed by atoms with Crippen molar-refractivity contribution in [3.63, 3.8) is 0 Å². The summed E-state index contributed by atoms with van der Waals surface area (Å²) in [6.45, 7) is 2.97. The average Bonchev–Trinajstić information content (AvgIpc) is 2.18. The van der Waals surface area contributed by atoms with Crippen LogP contribution >= 0.6 is 0 Å². The number of rotatable bonds is 3. The van der Waals surface area contributed by atoms with Crippen LogP contribution < -0.4 is 0 Å². The number of aromatic carboxylic acids is 1. The molecule has 0 aliphatic rings. The predicted octanol–water partition coefficient (Wildman–Crippen LogP) is 3.45. The van der Waals surface area contributed by atoms with Gasteiger partial charge in [-0.2, -0.15) is 8.78 Å². The van der Waals surface area contributed by atoms with E-state index < -0.39 is 35.3 Å². The monoisotopic (exact) mass is 265 g/mol. The van der Waals surface area contributed by atoms with Crippen molar-refractivity contribution in [3.05, 3.63) is 28.1 Å². The summed E-state index contributed by atoms with van der Waals surface area (Å²) >= 11 is 0. The van der Waals surface area contributed by atoms with Crippen molar-refractivity contribution < 1.29 is 27.5 Å². The highest BCUT2D eigenvalue weighted by atomic mass is 19.3. The Bertz CT molecular complexity index is 495. The number of aromatic nitrogens is 1. The van der Waals surface area contributed by atoms with Gasteiger partial charge in [-0.1, -0.05) is 0 Å². The maximum absolute atomic E-state index is 13.2. The van der Waals surface area contributed by atoms with Crippen LogP contribution in [-0.2, 0) is 5.92 Å². The molecule has 0 atom stereocenters. The molecule has 1 rings (SSSR count). The molecule has 0 bridgehead atoms. The van der Waals surface area contributed by atoms with E-state index in [1.807, 2.05) is 0 Å². The van der Waals surface area contributed by atoms with Crippen LogP contribution in [0.25, 0.3) is 0 Å². The zero-order chi connectivity index (χ0) is 14.2. The van der Waals surface area contributed by atoms with Gasteiger partial charge in [-0.25, -0.2) is 18.6 Å². The van der Waals surface area contributed by atoms with Gasteiger partial charge >= 0.3 is 5.97 Å². The van der Waals surface area contributed by atoms with Crippen molar-refractivity contribution in [3.8, 4) is 0 Å². The third kappa shape index (κ3) is 2.44. The van der Waals surface area contributed by atoms with Crippen LogP contribution in [0.1, 0.15) is 46.2 Å². The van der Waals surface area contributed by atoms with Gasteiger partial charge < -0.3 is 5.11 Å². The summed E-state index contributed by atoms with van der Waals surface area (Å²) in [4.78, 5) is 14.0. The Balaban J connectivity index is 3.70. The zero-order valence-electron chi connectivity index (χ0n) is 9.89. The van der Waals surface area contributed by atoms with Crippen LogP contribution in [0.5, 0.6) is 0 Å². The number of halogens is 4. The maximum Gasteiger partial charge on any atom is 0.338 e. The molecule has 3 nitrogen and oxygen atoms in total. The van der Waals surface area contributed by atoms with E-state index in [1.165, 1.54) is 13.8 Å². The molecule has 0 spiro atoms. The molecular formula is C11H11F4NO2. The summed E-state index contributed by atoms with van der Waals surface area (Å²) in [5, 5.41) is 8.85. The molecule has 1 heterocycles. The second-order valence-electron chi connectivity index (χ2n) is 3.96. The van der Waals surface area contributed by atoms with Crippen LogP contribution in [0, 0.1) is 13.8 Å². The van der Waals surface area contributed by atoms with Gasteiger partial charge in [-0.15, -0.1) is 0 Å². The quantitative estimate of drug-likeness (QED) is 0.851. The Kier molecular flexibility index (Phi) is 3.64. The lowest BCUT2D eigenvalue weighted by molar-refractivity contribution is 0.0108. The fraction of sp³-hybridized carbons (Fsp3) is 0.455. The Morgan fingerprint density at radius 2 is 1.78 bits per heavy atom. The first-order chi connectivity index (χ1) is 8.07. The molecule has 0 amide bonds. The molecule has 1 N–H and O–H groups in total. The van der Waals surface area contributed by atoms with Crippen molar-refractivity contribution in [1.82, 2.24) is 4.98 Å². The molecule has 18 heavy (non-hydrogen) atoms. The number of carbonyl (C=O) groups is 1. The molecule has 0 aliphatic carbocycles. The van der Waals surface area contributed by atoms with Crippen molar-refractivity contribution >= 4 is 5.97 Å². The fourth-order valence-electron chi connectivity index (χ4n) is 1.67. The number of hydrogen-bond acceptors (Lipinski definition) is 2. The maximum atomic E-state index is 13.2. The zero-order valence-corrected chi connectivity index (χ0v) is 9.89. The number of nitrogens with zero attached hydrogens (tertiary/aromatic N) is 1. The minimum Gasteiger partial charge on any atom is -0.478 e. The first kappa shape index (κ1) is 14.4. The Morgan fingerprint density at radius 1 is 1.28 bits per heavy atom. The fourth-order valence-corrected chi connectivity index (χ4v) is 1.67. The molecule has 1 aromatic heterocycles. The van der Waals surface area contributed by atoms with Gasteiger partial charge in [0.15, 0.2) is 0 Å². The van der Waals surface area contributed by atoms with Gasteiger partial charge in [0.05, 0.1) is 5.56 Å². The Hall–Kier alpha value is -1.66. The van der Waals surface area contributed by atoms with E-state index in [2.05, 4.69) is 4.98 Å². The Labute approximate surface area is 100 Å². The minimum atomic E-state index is -3.41. The molecule has 0 saturated carbocycles. The molecule has 0 aliphatic heterocycles. The lowest BCUT2D eigenvalue weighted by Gasteiger charge is -2.18. The highest BCUT2D eigenvalue weighted by molar-refractivity contribution is 5.91. The van der Waals surface area contributed by atoms with E-state index in [4.69, 9.17) is 5.11 Å². The van der Waals surface area contributed by atoms with Crippen LogP contribution in [0.2, 0.25) is 0 Å². The van der Waals surface area contributed by atoms with E-state index in [9.17, 15) is 22.4 Å². The van der Waals surface area contributed by atoms with Gasteiger partial charge in [0, 0.05) is 6.92 Å². The SMILES string of the molecule is Cc1c(C(C)(F)F)nc(C(F)F)c(C(=O)O)c1C.